The number of aryl methyl sites for hydroxylation is 2. The van der Waals surface area contributed by atoms with Crippen LogP contribution in [-0.4, -0.2) is 37.6 Å². The molecule has 2 nitrogen and oxygen atoms in total. The first-order valence-corrected chi connectivity index (χ1v) is 6.33. The molecule has 0 atom stereocenters. The Kier molecular flexibility index (Phi) is 4.37. The minimum Gasteiger partial charge on any atom is -0.314 e. The van der Waals surface area contributed by atoms with Crippen LogP contribution in [0.5, 0.6) is 0 Å². The van der Waals surface area contributed by atoms with Gasteiger partial charge in [-0.15, -0.1) is 0 Å². The van der Waals surface area contributed by atoms with Crippen LogP contribution < -0.4 is 5.32 Å². The van der Waals surface area contributed by atoms with Gasteiger partial charge in [0.15, 0.2) is 0 Å². The minimum absolute atomic E-state index is 1.16. The predicted molar refractivity (Wildman–Crippen MR) is 68.8 cm³/mol. The van der Waals surface area contributed by atoms with Gasteiger partial charge < -0.3 is 10.2 Å². The van der Waals surface area contributed by atoms with E-state index in [4.69, 9.17) is 0 Å². The largest absolute Gasteiger partial charge is 0.314 e. The topological polar surface area (TPSA) is 15.3 Å². The van der Waals surface area contributed by atoms with Crippen LogP contribution >= 0.6 is 0 Å². The van der Waals surface area contributed by atoms with E-state index in [0.29, 0.717) is 0 Å². The van der Waals surface area contributed by atoms with E-state index in [-0.39, 0.29) is 0 Å². The third-order valence-corrected chi connectivity index (χ3v) is 3.27. The number of nitrogens with one attached hydrogen (secondary N) is 1. The zero-order valence-corrected chi connectivity index (χ0v) is 10.2. The van der Waals surface area contributed by atoms with Gasteiger partial charge in [-0.1, -0.05) is 29.8 Å². The molecule has 0 amide bonds. The number of benzene rings is 1. The van der Waals surface area contributed by atoms with Crippen molar-refractivity contribution in [3.8, 4) is 0 Å². The molecule has 0 saturated carbocycles. The van der Waals surface area contributed by atoms with Crippen LogP contribution in [0.4, 0.5) is 0 Å². The zero-order valence-electron chi connectivity index (χ0n) is 10.2. The Morgan fingerprint density at radius 1 is 1.12 bits per heavy atom. The summed E-state index contributed by atoms with van der Waals surface area (Å²) in [6, 6.07) is 8.93. The third kappa shape index (κ3) is 3.62. The van der Waals surface area contributed by atoms with Gasteiger partial charge >= 0.3 is 0 Å². The van der Waals surface area contributed by atoms with Crippen LogP contribution in [0.3, 0.4) is 0 Å². The summed E-state index contributed by atoms with van der Waals surface area (Å²) in [5.74, 6) is 0. The van der Waals surface area contributed by atoms with E-state index in [2.05, 4.69) is 41.4 Å². The average molecular weight is 218 g/mol. The normalized spacial score (nSPS) is 17.6. The molecule has 1 N–H and O–H groups in total. The molecule has 0 radical (unpaired) electrons. The fourth-order valence-electron chi connectivity index (χ4n) is 2.20. The lowest BCUT2D eigenvalue weighted by molar-refractivity contribution is 0.238. The second-order valence-electron chi connectivity index (χ2n) is 4.68. The van der Waals surface area contributed by atoms with E-state index < -0.39 is 0 Å². The van der Waals surface area contributed by atoms with E-state index in [1.54, 1.807) is 0 Å². The molecule has 88 valence electrons. The van der Waals surface area contributed by atoms with Gasteiger partial charge in [-0.2, -0.15) is 0 Å². The molecule has 1 aliphatic rings. The van der Waals surface area contributed by atoms with Gasteiger partial charge in [-0.25, -0.2) is 0 Å². The van der Waals surface area contributed by atoms with Crippen molar-refractivity contribution in [2.45, 2.75) is 19.8 Å². The summed E-state index contributed by atoms with van der Waals surface area (Å²) >= 11 is 0. The van der Waals surface area contributed by atoms with Crippen molar-refractivity contribution in [1.82, 2.24) is 10.2 Å². The lowest BCUT2D eigenvalue weighted by Gasteiger charge is -2.27. The third-order valence-electron chi connectivity index (χ3n) is 3.27. The Labute approximate surface area is 98.7 Å². The first kappa shape index (κ1) is 11.6. The van der Waals surface area contributed by atoms with Gasteiger partial charge in [0.1, 0.15) is 0 Å². The van der Waals surface area contributed by atoms with E-state index in [0.717, 1.165) is 13.1 Å². The molecule has 2 rings (SSSR count). The predicted octanol–water partition coefficient (Wildman–Crippen LogP) is 1.83. The maximum Gasteiger partial charge on any atom is 0.0107 e. The van der Waals surface area contributed by atoms with Crippen molar-refractivity contribution in [2.24, 2.45) is 0 Å². The van der Waals surface area contributed by atoms with Gasteiger partial charge in [-0.05, 0) is 31.9 Å². The molecule has 1 fully saturated rings. The van der Waals surface area contributed by atoms with E-state index >= 15 is 0 Å². The van der Waals surface area contributed by atoms with E-state index in [9.17, 15) is 0 Å². The lowest BCUT2D eigenvalue weighted by atomic mass is 10.1. The van der Waals surface area contributed by atoms with Crippen LogP contribution in [0.15, 0.2) is 24.3 Å². The Hall–Kier alpha value is -0.860. The van der Waals surface area contributed by atoms with Gasteiger partial charge in [0, 0.05) is 26.2 Å². The number of hydrogen-bond donors (Lipinski definition) is 1. The standard InChI is InChI=1S/C14H22N2/c1-13-4-6-14(7-5-13)3-2-10-16-11-8-15-9-12-16/h4-7,15H,2-3,8-12H2,1H3. The quantitative estimate of drug-likeness (QED) is 0.829. The van der Waals surface area contributed by atoms with Crippen molar-refractivity contribution in [3.63, 3.8) is 0 Å². The number of hydrogen-bond acceptors (Lipinski definition) is 2. The molecular weight excluding hydrogens is 196 g/mol. The van der Waals surface area contributed by atoms with Crippen molar-refractivity contribution in [3.05, 3.63) is 35.4 Å². The number of piperazine rings is 1. The van der Waals surface area contributed by atoms with Crippen molar-refractivity contribution in [2.75, 3.05) is 32.7 Å². The molecule has 16 heavy (non-hydrogen) atoms. The Bertz CT molecular complexity index is 299. The Balaban J connectivity index is 1.69. The van der Waals surface area contributed by atoms with Crippen LogP contribution in [-0.2, 0) is 6.42 Å². The summed E-state index contributed by atoms with van der Waals surface area (Å²) in [5.41, 5.74) is 2.83. The Morgan fingerprint density at radius 3 is 2.50 bits per heavy atom. The molecule has 0 aliphatic carbocycles. The maximum absolute atomic E-state index is 3.39. The zero-order chi connectivity index (χ0) is 11.2. The monoisotopic (exact) mass is 218 g/mol. The highest BCUT2D eigenvalue weighted by atomic mass is 15.2. The average Bonchev–Trinajstić information content (AvgIpc) is 2.33. The molecule has 1 heterocycles. The molecule has 1 aromatic rings. The van der Waals surface area contributed by atoms with Gasteiger partial charge in [0.25, 0.3) is 0 Å². The summed E-state index contributed by atoms with van der Waals surface area (Å²) in [6.07, 6.45) is 2.49. The molecule has 0 bridgehead atoms. The summed E-state index contributed by atoms with van der Waals surface area (Å²) in [6.45, 7) is 8.14. The van der Waals surface area contributed by atoms with Crippen molar-refractivity contribution >= 4 is 0 Å². The molecule has 0 spiro atoms. The molecule has 2 heteroatoms. The van der Waals surface area contributed by atoms with Crippen LogP contribution in [0.25, 0.3) is 0 Å². The van der Waals surface area contributed by atoms with Gasteiger partial charge in [-0.3, -0.25) is 0 Å². The molecular formula is C14H22N2. The second kappa shape index (κ2) is 6.02. The fraction of sp³-hybridized carbons (Fsp3) is 0.571. The SMILES string of the molecule is Cc1ccc(CCCN2CCNCC2)cc1. The smallest absolute Gasteiger partial charge is 0.0107 e. The van der Waals surface area contributed by atoms with Crippen molar-refractivity contribution < 1.29 is 0 Å². The molecule has 1 aliphatic heterocycles. The van der Waals surface area contributed by atoms with Crippen LogP contribution in [0, 0.1) is 6.92 Å². The first-order valence-electron chi connectivity index (χ1n) is 6.33. The molecule has 0 aromatic heterocycles. The number of rotatable bonds is 4. The molecule has 1 saturated heterocycles. The Morgan fingerprint density at radius 2 is 1.81 bits per heavy atom. The highest BCUT2D eigenvalue weighted by Gasteiger charge is 2.08. The second-order valence-corrected chi connectivity index (χ2v) is 4.68. The first-order chi connectivity index (χ1) is 7.84. The highest BCUT2D eigenvalue weighted by molar-refractivity contribution is 5.21. The van der Waals surface area contributed by atoms with Crippen molar-refractivity contribution in [1.29, 1.82) is 0 Å². The molecule has 0 unspecified atom stereocenters. The summed E-state index contributed by atoms with van der Waals surface area (Å²) in [4.78, 5) is 2.56. The van der Waals surface area contributed by atoms with Crippen LogP contribution in [0.1, 0.15) is 17.5 Å². The highest BCUT2D eigenvalue weighted by Crippen LogP contribution is 2.06. The summed E-state index contributed by atoms with van der Waals surface area (Å²) in [7, 11) is 0. The van der Waals surface area contributed by atoms with E-state index in [1.807, 2.05) is 0 Å². The minimum atomic E-state index is 1.16. The summed E-state index contributed by atoms with van der Waals surface area (Å²) < 4.78 is 0. The van der Waals surface area contributed by atoms with E-state index in [1.165, 1.54) is 43.6 Å². The number of nitrogens with zero attached hydrogens (tertiary/aromatic N) is 1. The molecule has 1 aromatic carbocycles. The van der Waals surface area contributed by atoms with Gasteiger partial charge in [0.2, 0.25) is 0 Å². The van der Waals surface area contributed by atoms with Crippen LogP contribution in [0.2, 0.25) is 0 Å². The summed E-state index contributed by atoms with van der Waals surface area (Å²) in [5, 5.41) is 3.39. The van der Waals surface area contributed by atoms with Gasteiger partial charge in [0.05, 0.1) is 0 Å². The lowest BCUT2D eigenvalue weighted by Crippen LogP contribution is -2.43. The maximum atomic E-state index is 3.39. The fourth-order valence-corrected chi connectivity index (χ4v) is 2.20.